The summed E-state index contributed by atoms with van der Waals surface area (Å²) in [6, 6.07) is 0. The molecule has 1 N–H and O–H groups in total. The number of carbonyl (C=O) groups excluding carboxylic acids is 1. The first-order valence-electron chi connectivity index (χ1n) is 7.02. The summed E-state index contributed by atoms with van der Waals surface area (Å²) in [7, 11) is 0. The molecule has 0 bridgehead atoms. The van der Waals surface area contributed by atoms with Crippen molar-refractivity contribution in [3.8, 4) is 0 Å². The summed E-state index contributed by atoms with van der Waals surface area (Å²) in [6.45, 7) is 7.54. The Morgan fingerprint density at radius 2 is 2.18 bits per heavy atom. The molecule has 10 heteroatoms. The highest BCUT2D eigenvalue weighted by atomic mass is 16.6. The van der Waals surface area contributed by atoms with Gasteiger partial charge in [-0.15, -0.1) is 0 Å². The Labute approximate surface area is 127 Å². The summed E-state index contributed by atoms with van der Waals surface area (Å²) in [5.41, 5.74) is -0.187. The molecule has 10 nitrogen and oxygen atoms in total. The summed E-state index contributed by atoms with van der Waals surface area (Å²) in [4.78, 5) is 27.5. The average molecular weight is 312 g/mol. The molecule has 1 saturated heterocycles. The van der Waals surface area contributed by atoms with E-state index in [9.17, 15) is 14.9 Å². The number of aromatic nitrogens is 3. The zero-order valence-corrected chi connectivity index (χ0v) is 12.7. The van der Waals surface area contributed by atoms with Gasteiger partial charge in [-0.3, -0.25) is 9.69 Å². The van der Waals surface area contributed by atoms with E-state index in [2.05, 4.69) is 34.1 Å². The van der Waals surface area contributed by atoms with Gasteiger partial charge in [-0.05, 0) is 18.8 Å². The molecule has 2 heterocycles. The zero-order chi connectivity index (χ0) is 16.2. The van der Waals surface area contributed by atoms with E-state index in [1.807, 2.05) is 0 Å². The molecule has 122 valence electrons. The van der Waals surface area contributed by atoms with Crippen molar-refractivity contribution in [3.05, 3.63) is 16.4 Å². The predicted octanol–water partition coefficient (Wildman–Crippen LogP) is -0.587. The van der Waals surface area contributed by atoms with Crippen molar-refractivity contribution in [1.82, 2.24) is 25.0 Å². The number of hydrogen-bond donors (Lipinski definition) is 1. The van der Waals surface area contributed by atoms with Crippen LogP contribution in [0.25, 0.3) is 0 Å². The van der Waals surface area contributed by atoms with Gasteiger partial charge in [0.1, 0.15) is 6.54 Å². The summed E-state index contributed by atoms with van der Waals surface area (Å²) in [5.74, 6) is -0.775. The third-order valence-corrected chi connectivity index (χ3v) is 3.58. The van der Waals surface area contributed by atoms with Gasteiger partial charge in [0.15, 0.2) is 0 Å². The zero-order valence-electron chi connectivity index (χ0n) is 12.7. The van der Waals surface area contributed by atoms with Crippen LogP contribution in [0.5, 0.6) is 0 Å². The molecule has 0 radical (unpaired) electrons. The van der Waals surface area contributed by atoms with E-state index in [0.29, 0.717) is 19.8 Å². The summed E-state index contributed by atoms with van der Waals surface area (Å²) in [5, 5.41) is 16.9. The van der Waals surface area contributed by atoms with E-state index in [1.54, 1.807) is 0 Å². The molecular weight excluding hydrogens is 292 g/mol. The van der Waals surface area contributed by atoms with Gasteiger partial charge in [-0.2, -0.15) is 4.68 Å². The summed E-state index contributed by atoms with van der Waals surface area (Å²) >= 11 is 0. The first kappa shape index (κ1) is 16.3. The van der Waals surface area contributed by atoms with E-state index >= 15 is 0 Å². The van der Waals surface area contributed by atoms with E-state index in [-0.39, 0.29) is 18.0 Å². The van der Waals surface area contributed by atoms with Gasteiger partial charge in [0.2, 0.25) is 12.2 Å². The SMILES string of the molecule is CC(C)(CNC(=O)Cn1cnc([N+](=O)[O-])n1)N1CCOCC1. The van der Waals surface area contributed by atoms with E-state index in [4.69, 9.17) is 4.74 Å². The number of ether oxygens (including phenoxy) is 1. The highest BCUT2D eigenvalue weighted by Crippen LogP contribution is 2.15. The van der Waals surface area contributed by atoms with Gasteiger partial charge in [0.25, 0.3) is 0 Å². The Kier molecular flexibility index (Phi) is 5.03. The van der Waals surface area contributed by atoms with E-state index in [0.717, 1.165) is 17.8 Å². The molecule has 0 atom stereocenters. The standard InChI is InChI=1S/C12H20N6O4/c1-12(2,16-3-5-22-6-4-16)8-13-10(19)7-17-9-14-11(15-17)18(20)21/h9H,3-8H2,1-2H3,(H,13,19). The minimum absolute atomic E-state index is 0.0972. The van der Waals surface area contributed by atoms with Gasteiger partial charge >= 0.3 is 5.95 Å². The molecule has 1 aromatic rings. The predicted molar refractivity (Wildman–Crippen MR) is 76.2 cm³/mol. The van der Waals surface area contributed by atoms with Crippen molar-refractivity contribution < 1.29 is 14.5 Å². The monoisotopic (exact) mass is 312 g/mol. The molecule has 0 spiro atoms. The number of morpholine rings is 1. The Morgan fingerprint density at radius 1 is 1.50 bits per heavy atom. The number of amides is 1. The van der Waals surface area contributed by atoms with Gasteiger partial charge in [-0.1, -0.05) is 4.98 Å². The normalized spacial score (nSPS) is 16.5. The first-order chi connectivity index (χ1) is 10.4. The number of carbonyl (C=O) groups is 1. The Balaban J connectivity index is 1.82. The molecule has 1 fully saturated rings. The maximum absolute atomic E-state index is 11.9. The van der Waals surface area contributed by atoms with Crippen LogP contribution in [-0.2, 0) is 16.1 Å². The van der Waals surface area contributed by atoms with Crippen molar-refractivity contribution >= 4 is 11.9 Å². The molecule has 0 saturated carbocycles. The van der Waals surface area contributed by atoms with Crippen molar-refractivity contribution in [2.75, 3.05) is 32.8 Å². The number of rotatable bonds is 6. The lowest BCUT2D eigenvalue weighted by Crippen LogP contribution is -2.55. The fraction of sp³-hybridized carbons (Fsp3) is 0.750. The fourth-order valence-electron chi connectivity index (χ4n) is 2.24. The molecule has 0 aliphatic carbocycles. The van der Waals surface area contributed by atoms with E-state index < -0.39 is 10.9 Å². The maximum Gasteiger partial charge on any atom is 0.490 e. The molecule has 1 aromatic heterocycles. The van der Waals surface area contributed by atoms with Crippen LogP contribution >= 0.6 is 0 Å². The van der Waals surface area contributed by atoms with Crippen molar-refractivity contribution in [3.63, 3.8) is 0 Å². The highest BCUT2D eigenvalue weighted by Gasteiger charge is 2.28. The minimum Gasteiger partial charge on any atom is -0.390 e. The third kappa shape index (κ3) is 4.21. The smallest absolute Gasteiger partial charge is 0.390 e. The van der Waals surface area contributed by atoms with Gasteiger partial charge in [-0.25, -0.2) is 0 Å². The van der Waals surface area contributed by atoms with Gasteiger partial charge < -0.3 is 20.2 Å². The lowest BCUT2D eigenvalue weighted by atomic mass is 10.0. The molecule has 0 unspecified atom stereocenters. The average Bonchev–Trinajstić information content (AvgIpc) is 2.95. The number of nitro groups is 1. The topological polar surface area (TPSA) is 115 Å². The largest absolute Gasteiger partial charge is 0.490 e. The molecular formula is C12H20N6O4. The Bertz CT molecular complexity index is 537. The maximum atomic E-state index is 11.9. The lowest BCUT2D eigenvalue weighted by Gasteiger charge is -2.40. The fourth-order valence-corrected chi connectivity index (χ4v) is 2.24. The second-order valence-electron chi connectivity index (χ2n) is 5.69. The van der Waals surface area contributed by atoms with Crippen LogP contribution in [0.15, 0.2) is 6.33 Å². The molecule has 2 rings (SSSR count). The quantitative estimate of drug-likeness (QED) is 0.551. The molecule has 22 heavy (non-hydrogen) atoms. The third-order valence-electron chi connectivity index (χ3n) is 3.58. The van der Waals surface area contributed by atoms with Crippen LogP contribution in [-0.4, -0.2) is 68.9 Å². The molecule has 1 amide bonds. The van der Waals surface area contributed by atoms with Crippen LogP contribution in [0, 0.1) is 10.1 Å². The Hall–Kier alpha value is -2.07. The van der Waals surface area contributed by atoms with Crippen molar-refractivity contribution in [2.45, 2.75) is 25.9 Å². The van der Waals surface area contributed by atoms with Crippen LogP contribution in [0.3, 0.4) is 0 Å². The van der Waals surface area contributed by atoms with Gasteiger partial charge in [0.05, 0.1) is 13.2 Å². The molecule has 1 aliphatic rings. The highest BCUT2D eigenvalue weighted by molar-refractivity contribution is 5.75. The van der Waals surface area contributed by atoms with E-state index in [1.165, 1.54) is 6.33 Å². The Morgan fingerprint density at radius 3 is 2.77 bits per heavy atom. The first-order valence-corrected chi connectivity index (χ1v) is 7.02. The lowest BCUT2D eigenvalue weighted by molar-refractivity contribution is -0.394. The van der Waals surface area contributed by atoms with Crippen molar-refractivity contribution in [1.29, 1.82) is 0 Å². The van der Waals surface area contributed by atoms with Crippen LogP contribution in [0.2, 0.25) is 0 Å². The van der Waals surface area contributed by atoms with Crippen LogP contribution in [0.4, 0.5) is 5.95 Å². The summed E-state index contributed by atoms with van der Waals surface area (Å²) in [6.07, 6.45) is 1.17. The van der Waals surface area contributed by atoms with Gasteiger partial charge in [0, 0.05) is 30.3 Å². The van der Waals surface area contributed by atoms with Crippen LogP contribution in [0.1, 0.15) is 13.8 Å². The number of hydrogen-bond acceptors (Lipinski definition) is 7. The second kappa shape index (κ2) is 6.79. The minimum atomic E-state index is -0.698. The number of nitrogens with zero attached hydrogens (tertiary/aromatic N) is 5. The van der Waals surface area contributed by atoms with Crippen molar-refractivity contribution in [2.24, 2.45) is 0 Å². The second-order valence-corrected chi connectivity index (χ2v) is 5.69. The van der Waals surface area contributed by atoms with Crippen LogP contribution < -0.4 is 5.32 Å². The molecule has 1 aliphatic heterocycles. The summed E-state index contributed by atoms with van der Waals surface area (Å²) < 4.78 is 6.47. The molecule has 0 aromatic carbocycles. The number of nitrogens with one attached hydrogen (secondary N) is 1.